The van der Waals surface area contributed by atoms with Crippen LogP contribution in [0.15, 0.2) is 23.4 Å². The molecular weight excluding hydrogens is 220 g/mol. The van der Waals surface area contributed by atoms with Gasteiger partial charge < -0.3 is 5.11 Å². The van der Waals surface area contributed by atoms with Crippen molar-refractivity contribution >= 4 is 5.97 Å². The number of nitrogens with zero attached hydrogens (tertiary/aromatic N) is 2. The Morgan fingerprint density at radius 2 is 2.06 bits per heavy atom. The summed E-state index contributed by atoms with van der Waals surface area (Å²) in [7, 11) is 0. The van der Waals surface area contributed by atoms with E-state index < -0.39 is 33.5 Å². The van der Waals surface area contributed by atoms with E-state index in [2.05, 4.69) is 0 Å². The number of carbonyl (C=O) groups is 1. The first kappa shape index (κ1) is 11.8. The minimum absolute atomic E-state index is 0.226. The molecule has 0 fully saturated rings. The number of carboxylic acid groups (broad SMARTS) is 1. The van der Waals surface area contributed by atoms with E-state index in [9.17, 15) is 25.0 Å². The fourth-order valence-corrected chi connectivity index (χ4v) is 1.37. The Morgan fingerprint density at radius 1 is 1.50 bits per heavy atom. The quantitative estimate of drug-likeness (QED) is 0.557. The summed E-state index contributed by atoms with van der Waals surface area (Å²) in [5.74, 6) is -1.71. The molecular formula is C8H8N2O6. The van der Waals surface area contributed by atoms with Crippen LogP contribution in [0, 0.1) is 20.2 Å². The first-order valence-corrected chi connectivity index (χ1v) is 4.22. The van der Waals surface area contributed by atoms with Crippen molar-refractivity contribution in [1.82, 2.24) is 0 Å². The predicted octanol–water partition coefficient (Wildman–Crippen LogP) is 0.597. The topological polar surface area (TPSA) is 124 Å². The second kappa shape index (κ2) is 3.72. The SMILES string of the molecule is CC1=C([N+](=O)[O-])CC(C(=O)O)([N+](=O)[O-])C=C1. The van der Waals surface area contributed by atoms with Gasteiger partial charge in [-0.25, -0.2) is 4.79 Å². The summed E-state index contributed by atoms with van der Waals surface area (Å²) in [6.07, 6.45) is 1.22. The van der Waals surface area contributed by atoms with Crippen molar-refractivity contribution in [3.05, 3.63) is 43.7 Å². The Kier molecular flexibility index (Phi) is 2.75. The Bertz CT molecular complexity index is 422. The van der Waals surface area contributed by atoms with Crippen molar-refractivity contribution in [3.8, 4) is 0 Å². The van der Waals surface area contributed by atoms with Crippen LogP contribution in [-0.4, -0.2) is 26.5 Å². The molecule has 1 atom stereocenters. The van der Waals surface area contributed by atoms with E-state index in [1.54, 1.807) is 0 Å². The van der Waals surface area contributed by atoms with Crippen molar-refractivity contribution in [2.45, 2.75) is 18.9 Å². The first-order valence-electron chi connectivity index (χ1n) is 4.22. The lowest BCUT2D eigenvalue weighted by Gasteiger charge is -2.19. The highest BCUT2D eigenvalue weighted by molar-refractivity contribution is 5.80. The molecule has 0 aromatic heterocycles. The van der Waals surface area contributed by atoms with Gasteiger partial charge in [-0.1, -0.05) is 0 Å². The van der Waals surface area contributed by atoms with Crippen LogP contribution in [0.2, 0.25) is 0 Å². The highest BCUT2D eigenvalue weighted by Gasteiger charge is 2.54. The molecule has 86 valence electrons. The molecule has 0 saturated carbocycles. The molecule has 8 heteroatoms. The molecule has 0 aromatic rings. The molecule has 1 rings (SSSR count). The van der Waals surface area contributed by atoms with Crippen LogP contribution in [-0.2, 0) is 4.79 Å². The lowest BCUT2D eigenvalue weighted by Crippen LogP contribution is -2.46. The van der Waals surface area contributed by atoms with Crippen molar-refractivity contribution < 1.29 is 19.7 Å². The summed E-state index contributed by atoms with van der Waals surface area (Å²) in [6.45, 7) is 1.40. The summed E-state index contributed by atoms with van der Waals surface area (Å²) in [6, 6.07) is 0. The van der Waals surface area contributed by atoms with Gasteiger partial charge in [-0.15, -0.1) is 0 Å². The van der Waals surface area contributed by atoms with Crippen molar-refractivity contribution in [3.63, 3.8) is 0 Å². The maximum Gasteiger partial charge on any atom is 0.387 e. The zero-order chi connectivity index (χ0) is 12.5. The molecule has 16 heavy (non-hydrogen) atoms. The number of hydrogen-bond acceptors (Lipinski definition) is 5. The second-order valence-corrected chi connectivity index (χ2v) is 3.38. The van der Waals surface area contributed by atoms with Crippen molar-refractivity contribution in [2.75, 3.05) is 0 Å². The van der Waals surface area contributed by atoms with Crippen LogP contribution in [0.4, 0.5) is 0 Å². The monoisotopic (exact) mass is 228 g/mol. The lowest BCUT2D eigenvalue weighted by molar-refractivity contribution is -0.548. The van der Waals surface area contributed by atoms with Crippen LogP contribution in [0.25, 0.3) is 0 Å². The van der Waals surface area contributed by atoms with Gasteiger partial charge in [0.15, 0.2) is 0 Å². The molecule has 1 aliphatic rings. The smallest absolute Gasteiger partial charge is 0.387 e. The second-order valence-electron chi connectivity index (χ2n) is 3.38. The van der Waals surface area contributed by atoms with Gasteiger partial charge in [-0.3, -0.25) is 20.2 Å². The third-order valence-corrected chi connectivity index (χ3v) is 2.42. The average molecular weight is 228 g/mol. The normalized spacial score (nSPS) is 24.3. The van der Waals surface area contributed by atoms with E-state index in [0.717, 1.165) is 12.2 Å². The van der Waals surface area contributed by atoms with E-state index in [0.29, 0.717) is 0 Å². The number of allylic oxidation sites excluding steroid dienone is 2. The van der Waals surface area contributed by atoms with E-state index in [-0.39, 0.29) is 5.57 Å². The number of nitro groups is 2. The zero-order valence-corrected chi connectivity index (χ0v) is 8.24. The third kappa shape index (κ3) is 1.64. The van der Waals surface area contributed by atoms with Gasteiger partial charge in [-0.2, -0.15) is 0 Å². The molecule has 1 unspecified atom stereocenters. The first-order chi connectivity index (χ1) is 7.31. The molecule has 8 nitrogen and oxygen atoms in total. The summed E-state index contributed by atoms with van der Waals surface area (Å²) < 4.78 is 0. The highest BCUT2D eigenvalue weighted by atomic mass is 16.6. The number of hydrogen-bond donors (Lipinski definition) is 1. The van der Waals surface area contributed by atoms with Crippen LogP contribution in [0.5, 0.6) is 0 Å². The third-order valence-electron chi connectivity index (χ3n) is 2.42. The minimum Gasteiger partial charge on any atom is -0.476 e. The minimum atomic E-state index is -2.43. The summed E-state index contributed by atoms with van der Waals surface area (Å²) in [5, 5.41) is 30.1. The summed E-state index contributed by atoms with van der Waals surface area (Å²) >= 11 is 0. The molecule has 0 amide bonds. The molecule has 1 aliphatic carbocycles. The van der Waals surface area contributed by atoms with Gasteiger partial charge in [-0.05, 0) is 13.0 Å². The Labute approximate surface area is 89.2 Å². The van der Waals surface area contributed by atoms with Gasteiger partial charge >= 0.3 is 11.5 Å². The molecule has 0 aliphatic heterocycles. The highest BCUT2D eigenvalue weighted by Crippen LogP contribution is 2.30. The van der Waals surface area contributed by atoms with Gasteiger partial charge in [0.2, 0.25) is 0 Å². The van der Waals surface area contributed by atoms with Crippen molar-refractivity contribution in [1.29, 1.82) is 0 Å². The average Bonchev–Trinajstić information content (AvgIpc) is 2.17. The molecule has 0 aromatic carbocycles. The number of carboxylic acids is 1. The summed E-state index contributed by atoms with van der Waals surface area (Å²) in [5.41, 5.74) is -2.65. The van der Waals surface area contributed by atoms with Crippen LogP contribution in [0.3, 0.4) is 0 Å². The molecule has 0 heterocycles. The molecule has 0 spiro atoms. The van der Waals surface area contributed by atoms with Crippen molar-refractivity contribution in [2.24, 2.45) is 0 Å². The zero-order valence-electron chi connectivity index (χ0n) is 8.24. The van der Waals surface area contributed by atoms with Gasteiger partial charge in [0.25, 0.3) is 5.70 Å². The maximum absolute atomic E-state index is 10.9. The predicted molar refractivity (Wildman–Crippen MR) is 50.8 cm³/mol. The van der Waals surface area contributed by atoms with Gasteiger partial charge in [0.1, 0.15) is 6.42 Å². The largest absolute Gasteiger partial charge is 0.476 e. The molecule has 0 saturated heterocycles. The van der Waals surface area contributed by atoms with E-state index in [1.807, 2.05) is 0 Å². The van der Waals surface area contributed by atoms with Crippen LogP contribution in [0.1, 0.15) is 13.3 Å². The number of aliphatic carboxylic acids is 1. The van der Waals surface area contributed by atoms with Gasteiger partial charge in [0, 0.05) is 16.6 Å². The fraction of sp³-hybridized carbons (Fsp3) is 0.375. The standard InChI is InChI=1S/C8H8N2O6/c1-5-2-3-8(7(11)12,10(15)16)4-6(5)9(13)14/h2-3H,4H2,1H3,(H,11,12). The Morgan fingerprint density at radius 3 is 2.44 bits per heavy atom. The fourth-order valence-electron chi connectivity index (χ4n) is 1.37. The Balaban J connectivity index is 3.26. The molecule has 0 radical (unpaired) electrons. The van der Waals surface area contributed by atoms with E-state index in [1.165, 1.54) is 6.92 Å². The Hall–Kier alpha value is -2.25. The molecule has 0 bridgehead atoms. The molecule has 1 N–H and O–H groups in total. The van der Waals surface area contributed by atoms with Crippen LogP contribution >= 0.6 is 0 Å². The number of rotatable bonds is 3. The van der Waals surface area contributed by atoms with Gasteiger partial charge in [0.05, 0.1) is 4.92 Å². The van der Waals surface area contributed by atoms with Crippen LogP contribution < -0.4 is 0 Å². The lowest BCUT2D eigenvalue weighted by atomic mass is 9.87. The maximum atomic E-state index is 10.9. The van der Waals surface area contributed by atoms with E-state index in [4.69, 9.17) is 5.11 Å². The summed E-state index contributed by atoms with van der Waals surface area (Å²) in [4.78, 5) is 30.4. The van der Waals surface area contributed by atoms with E-state index >= 15 is 0 Å².